The number of benzene rings is 1. The molecule has 0 aliphatic carbocycles. The summed E-state index contributed by atoms with van der Waals surface area (Å²) in [7, 11) is 0. The van der Waals surface area contributed by atoms with Gasteiger partial charge in [0.25, 0.3) is 0 Å². The van der Waals surface area contributed by atoms with Gasteiger partial charge in [0.2, 0.25) is 0 Å². The fourth-order valence-electron chi connectivity index (χ4n) is 2.09. The highest BCUT2D eigenvalue weighted by Gasteiger charge is 2.19. The molecule has 1 amide bonds. The third-order valence-electron chi connectivity index (χ3n) is 3.62. The van der Waals surface area contributed by atoms with Crippen LogP contribution in [-0.2, 0) is 4.74 Å². The number of aromatic hydroxyl groups is 1. The average Bonchev–Trinajstić information content (AvgIpc) is 2.40. The van der Waals surface area contributed by atoms with Crippen molar-refractivity contribution in [2.75, 3.05) is 18.4 Å². The van der Waals surface area contributed by atoms with E-state index in [4.69, 9.17) is 4.74 Å². The molecule has 1 unspecified atom stereocenters. The molecule has 0 saturated heterocycles. The summed E-state index contributed by atoms with van der Waals surface area (Å²) in [6.07, 6.45) is -0.386. The van der Waals surface area contributed by atoms with E-state index >= 15 is 0 Å². The fraction of sp³-hybridized carbons (Fsp3) is 0.611. The zero-order valence-corrected chi connectivity index (χ0v) is 15.1. The summed E-state index contributed by atoms with van der Waals surface area (Å²) in [6.45, 7) is 13.0. The number of aryl methyl sites for hydroxylation is 1. The Hall–Kier alpha value is -1.91. The molecule has 1 aromatic rings. The van der Waals surface area contributed by atoms with E-state index in [1.54, 1.807) is 6.07 Å². The Bertz CT molecular complexity index is 521. The molecular formula is C18H30N2O3. The lowest BCUT2D eigenvalue weighted by molar-refractivity contribution is 0.0516. The molecule has 3 N–H and O–H groups in total. The number of hydrogen-bond acceptors (Lipinski definition) is 4. The van der Waals surface area contributed by atoms with Crippen molar-refractivity contribution >= 4 is 11.8 Å². The number of alkyl carbamates (subject to hydrolysis) is 1. The molecule has 0 aromatic heterocycles. The summed E-state index contributed by atoms with van der Waals surface area (Å²) in [5.74, 6) is 0.981. The van der Waals surface area contributed by atoms with Gasteiger partial charge in [-0.2, -0.15) is 0 Å². The van der Waals surface area contributed by atoms with Crippen molar-refractivity contribution in [1.29, 1.82) is 0 Å². The molecule has 1 atom stereocenters. The van der Waals surface area contributed by atoms with Crippen molar-refractivity contribution in [3.63, 3.8) is 0 Å². The molecule has 0 fully saturated rings. The van der Waals surface area contributed by atoms with Gasteiger partial charge in [-0.15, -0.1) is 0 Å². The van der Waals surface area contributed by atoms with Crippen molar-refractivity contribution in [2.24, 2.45) is 11.8 Å². The zero-order valence-electron chi connectivity index (χ0n) is 15.1. The van der Waals surface area contributed by atoms with E-state index in [9.17, 15) is 9.90 Å². The second-order valence-corrected chi connectivity index (χ2v) is 7.27. The lowest BCUT2D eigenvalue weighted by Gasteiger charge is -2.24. The lowest BCUT2D eigenvalue weighted by Crippen LogP contribution is -2.38. The van der Waals surface area contributed by atoms with E-state index in [2.05, 4.69) is 24.5 Å². The third-order valence-corrected chi connectivity index (χ3v) is 3.62. The number of rotatable bonds is 6. The van der Waals surface area contributed by atoms with Crippen LogP contribution in [0.2, 0.25) is 0 Å². The van der Waals surface area contributed by atoms with Crippen LogP contribution < -0.4 is 10.6 Å². The standard InChI is InChI=1S/C18H30N2O3/c1-12(2)14(11-20-17(22)23-18(4,5)6)10-19-15-7-8-16(21)13(3)9-15/h7-9,12,14,19,21H,10-11H2,1-6H3,(H,20,22). The highest BCUT2D eigenvalue weighted by atomic mass is 16.6. The second-order valence-electron chi connectivity index (χ2n) is 7.27. The molecule has 5 heteroatoms. The summed E-state index contributed by atoms with van der Waals surface area (Å²) in [5, 5.41) is 15.8. The second kappa shape index (κ2) is 8.09. The van der Waals surface area contributed by atoms with Crippen LogP contribution in [0.1, 0.15) is 40.2 Å². The van der Waals surface area contributed by atoms with Crippen LogP contribution in [0, 0.1) is 18.8 Å². The van der Waals surface area contributed by atoms with Gasteiger partial charge in [0.15, 0.2) is 0 Å². The maximum absolute atomic E-state index is 11.8. The van der Waals surface area contributed by atoms with Gasteiger partial charge in [0.1, 0.15) is 11.4 Å². The van der Waals surface area contributed by atoms with E-state index in [1.165, 1.54) is 0 Å². The molecule has 0 spiro atoms. The number of nitrogens with one attached hydrogen (secondary N) is 2. The lowest BCUT2D eigenvalue weighted by atomic mass is 9.95. The number of amides is 1. The Morgan fingerprint density at radius 3 is 2.43 bits per heavy atom. The first-order valence-corrected chi connectivity index (χ1v) is 8.09. The Labute approximate surface area is 139 Å². The van der Waals surface area contributed by atoms with Gasteiger partial charge in [0, 0.05) is 18.8 Å². The SMILES string of the molecule is Cc1cc(NCC(CNC(=O)OC(C)(C)C)C(C)C)ccc1O. The predicted molar refractivity (Wildman–Crippen MR) is 93.9 cm³/mol. The molecule has 1 aromatic carbocycles. The first kappa shape index (κ1) is 19.1. The molecule has 0 saturated carbocycles. The monoisotopic (exact) mass is 322 g/mol. The Balaban J connectivity index is 2.52. The largest absolute Gasteiger partial charge is 0.508 e. The van der Waals surface area contributed by atoms with Gasteiger partial charge in [-0.1, -0.05) is 13.8 Å². The molecule has 0 aliphatic heterocycles. The molecule has 5 nitrogen and oxygen atoms in total. The number of hydrogen-bond donors (Lipinski definition) is 3. The maximum atomic E-state index is 11.8. The molecule has 0 radical (unpaired) electrons. The maximum Gasteiger partial charge on any atom is 0.407 e. The van der Waals surface area contributed by atoms with Crippen molar-refractivity contribution < 1.29 is 14.6 Å². The third kappa shape index (κ3) is 7.26. The Kier molecular flexibility index (Phi) is 6.73. The van der Waals surface area contributed by atoms with Crippen LogP contribution in [-0.4, -0.2) is 29.9 Å². The van der Waals surface area contributed by atoms with Gasteiger partial charge < -0.3 is 20.5 Å². The summed E-state index contributed by atoms with van der Waals surface area (Å²) in [5.41, 5.74) is 1.31. The van der Waals surface area contributed by atoms with Crippen molar-refractivity contribution in [2.45, 2.75) is 47.1 Å². The zero-order chi connectivity index (χ0) is 17.6. The van der Waals surface area contributed by atoms with E-state index in [-0.39, 0.29) is 12.0 Å². The van der Waals surface area contributed by atoms with Crippen LogP contribution in [0.25, 0.3) is 0 Å². The highest BCUT2D eigenvalue weighted by Crippen LogP contribution is 2.21. The van der Waals surface area contributed by atoms with Crippen LogP contribution in [0.15, 0.2) is 18.2 Å². The quantitative estimate of drug-likeness (QED) is 0.695. The predicted octanol–water partition coefficient (Wildman–Crippen LogP) is 3.91. The summed E-state index contributed by atoms with van der Waals surface area (Å²) in [4.78, 5) is 11.8. The molecule has 0 bridgehead atoms. The van der Waals surface area contributed by atoms with Crippen molar-refractivity contribution in [1.82, 2.24) is 5.32 Å². The van der Waals surface area contributed by atoms with E-state index in [1.807, 2.05) is 39.8 Å². The molecule has 0 heterocycles. The summed E-state index contributed by atoms with van der Waals surface area (Å²) in [6, 6.07) is 5.44. The van der Waals surface area contributed by atoms with Crippen molar-refractivity contribution in [3.8, 4) is 5.75 Å². The van der Waals surface area contributed by atoms with E-state index < -0.39 is 5.60 Å². The highest BCUT2D eigenvalue weighted by molar-refractivity contribution is 5.67. The van der Waals surface area contributed by atoms with Gasteiger partial charge in [-0.25, -0.2) is 4.79 Å². The molecule has 0 aliphatic rings. The molecule has 1 rings (SSSR count). The van der Waals surface area contributed by atoms with Crippen LogP contribution in [0.5, 0.6) is 5.75 Å². The normalized spacial score (nSPS) is 12.8. The van der Waals surface area contributed by atoms with Crippen molar-refractivity contribution in [3.05, 3.63) is 23.8 Å². The smallest absolute Gasteiger partial charge is 0.407 e. The van der Waals surface area contributed by atoms with Crippen LogP contribution in [0.3, 0.4) is 0 Å². The van der Waals surface area contributed by atoms with E-state index in [0.29, 0.717) is 18.2 Å². The number of ether oxygens (including phenoxy) is 1. The average molecular weight is 322 g/mol. The van der Waals surface area contributed by atoms with Gasteiger partial charge in [0.05, 0.1) is 0 Å². The van der Waals surface area contributed by atoms with Gasteiger partial charge >= 0.3 is 6.09 Å². The number of phenolic OH excluding ortho intramolecular Hbond substituents is 1. The topological polar surface area (TPSA) is 70.6 Å². The minimum absolute atomic E-state index is 0.275. The van der Waals surface area contributed by atoms with E-state index in [0.717, 1.165) is 17.8 Å². The minimum Gasteiger partial charge on any atom is -0.508 e. The summed E-state index contributed by atoms with van der Waals surface area (Å²) >= 11 is 0. The number of carbonyl (C=O) groups excluding carboxylic acids is 1. The van der Waals surface area contributed by atoms with Crippen LogP contribution in [0.4, 0.5) is 10.5 Å². The molecule has 23 heavy (non-hydrogen) atoms. The Morgan fingerprint density at radius 2 is 1.91 bits per heavy atom. The first-order chi connectivity index (χ1) is 10.6. The minimum atomic E-state index is -0.487. The fourth-order valence-corrected chi connectivity index (χ4v) is 2.09. The first-order valence-electron chi connectivity index (χ1n) is 8.09. The van der Waals surface area contributed by atoms with Crippen LogP contribution >= 0.6 is 0 Å². The number of anilines is 1. The Morgan fingerprint density at radius 1 is 1.26 bits per heavy atom. The molecule has 130 valence electrons. The summed E-state index contributed by atoms with van der Waals surface area (Å²) < 4.78 is 5.26. The number of phenols is 1. The van der Waals surface area contributed by atoms with Gasteiger partial charge in [-0.05, 0) is 63.3 Å². The van der Waals surface area contributed by atoms with Gasteiger partial charge in [-0.3, -0.25) is 0 Å². The number of carbonyl (C=O) groups is 1. The molecular weight excluding hydrogens is 292 g/mol.